The second kappa shape index (κ2) is 7.95. The molecule has 4 nitrogen and oxygen atoms in total. The lowest BCUT2D eigenvalue weighted by Gasteiger charge is -2.09. The summed E-state index contributed by atoms with van der Waals surface area (Å²) in [6, 6.07) is 17.1. The Kier molecular flexibility index (Phi) is 5.15. The van der Waals surface area contributed by atoms with Gasteiger partial charge in [0.1, 0.15) is 12.4 Å². The Morgan fingerprint density at radius 1 is 0.867 bits per heavy atom. The summed E-state index contributed by atoms with van der Waals surface area (Å²) in [5, 5.41) is 2.88. The zero-order chi connectivity index (χ0) is 20.7. The largest absolute Gasteiger partial charge is 0.489 e. The second-order valence-corrected chi connectivity index (χ2v) is 8.23. The van der Waals surface area contributed by atoms with Gasteiger partial charge in [0.25, 0.3) is 0 Å². The van der Waals surface area contributed by atoms with E-state index in [4.69, 9.17) is 49.0 Å². The SMILES string of the molecule is Clc1cc2c(cc1Cc1cc3cc(OCc4c(Cl)cccc4Cl)ccc3[nH]1)OCO2. The van der Waals surface area contributed by atoms with E-state index in [1.54, 1.807) is 18.2 Å². The average Bonchev–Trinajstić information content (AvgIpc) is 3.33. The fraction of sp³-hybridized carbons (Fsp3) is 0.130. The number of benzene rings is 3. The van der Waals surface area contributed by atoms with Gasteiger partial charge in [-0.15, -0.1) is 0 Å². The maximum atomic E-state index is 6.42. The highest BCUT2D eigenvalue weighted by Crippen LogP contribution is 2.37. The van der Waals surface area contributed by atoms with Crippen LogP contribution >= 0.6 is 34.8 Å². The molecular formula is C23H16Cl3NO3. The number of hydrogen-bond acceptors (Lipinski definition) is 3. The van der Waals surface area contributed by atoms with Crippen LogP contribution in [0, 0.1) is 0 Å². The van der Waals surface area contributed by atoms with Gasteiger partial charge in [-0.3, -0.25) is 0 Å². The van der Waals surface area contributed by atoms with Crippen molar-refractivity contribution < 1.29 is 14.2 Å². The van der Waals surface area contributed by atoms with E-state index >= 15 is 0 Å². The lowest BCUT2D eigenvalue weighted by molar-refractivity contribution is 0.174. The first-order valence-corrected chi connectivity index (χ1v) is 10.5. The molecule has 1 aliphatic rings. The molecule has 0 atom stereocenters. The van der Waals surface area contributed by atoms with E-state index < -0.39 is 0 Å². The van der Waals surface area contributed by atoms with Crippen molar-refractivity contribution in [3.05, 3.63) is 86.5 Å². The normalized spacial score (nSPS) is 12.5. The number of rotatable bonds is 5. The van der Waals surface area contributed by atoms with Gasteiger partial charge in [0, 0.05) is 49.7 Å². The Hall–Kier alpha value is -2.53. The fourth-order valence-corrected chi connectivity index (χ4v) is 4.21. The standard InChI is InChI=1S/C23H16Cl3NO3/c24-18-2-1-3-19(25)17(18)11-28-16-4-5-21-14(8-16)7-15(27-21)6-13-9-22-23(10-20(13)26)30-12-29-22/h1-5,7-10,27H,6,11-12H2. The van der Waals surface area contributed by atoms with Crippen LogP contribution in [0.25, 0.3) is 10.9 Å². The van der Waals surface area contributed by atoms with Gasteiger partial charge in [0.15, 0.2) is 11.5 Å². The summed E-state index contributed by atoms with van der Waals surface area (Å²) < 4.78 is 16.8. The van der Waals surface area contributed by atoms with Gasteiger partial charge < -0.3 is 19.2 Å². The zero-order valence-corrected chi connectivity index (χ0v) is 17.9. The van der Waals surface area contributed by atoms with Crippen molar-refractivity contribution in [2.24, 2.45) is 0 Å². The van der Waals surface area contributed by atoms with Gasteiger partial charge in [-0.2, -0.15) is 0 Å². The van der Waals surface area contributed by atoms with E-state index in [1.165, 1.54) is 0 Å². The monoisotopic (exact) mass is 459 g/mol. The number of ether oxygens (including phenoxy) is 3. The zero-order valence-electron chi connectivity index (χ0n) is 15.7. The number of halogens is 3. The van der Waals surface area contributed by atoms with E-state index in [9.17, 15) is 0 Å². The van der Waals surface area contributed by atoms with Crippen LogP contribution in [0.4, 0.5) is 0 Å². The molecule has 0 aliphatic carbocycles. The van der Waals surface area contributed by atoms with Crippen LogP contribution in [0.1, 0.15) is 16.8 Å². The Labute approximate surface area is 188 Å². The molecule has 152 valence electrons. The van der Waals surface area contributed by atoms with Crippen LogP contribution in [0.5, 0.6) is 17.2 Å². The van der Waals surface area contributed by atoms with Gasteiger partial charge in [-0.1, -0.05) is 40.9 Å². The number of aromatic amines is 1. The summed E-state index contributed by atoms with van der Waals surface area (Å²) in [7, 11) is 0. The first-order chi connectivity index (χ1) is 14.6. The van der Waals surface area contributed by atoms with Gasteiger partial charge in [0.05, 0.1) is 0 Å². The summed E-state index contributed by atoms with van der Waals surface area (Å²) in [4.78, 5) is 3.43. The van der Waals surface area contributed by atoms with Crippen LogP contribution in [0.15, 0.2) is 54.6 Å². The lowest BCUT2D eigenvalue weighted by atomic mass is 10.1. The molecule has 0 saturated heterocycles. The molecule has 4 aromatic rings. The smallest absolute Gasteiger partial charge is 0.231 e. The molecule has 2 heterocycles. The summed E-state index contributed by atoms with van der Waals surface area (Å²) in [6.45, 7) is 0.526. The minimum atomic E-state index is 0.226. The number of hydrogen-bond donors (Lipinski definition) is 1. The average molecular weight is 461 g/mol. The molecule has 0 saturated carbocycles. The van der Waals surface area contributed by atoms with Crippen molar-refractivity contribution in [1.29, 1.82) is 0 Å². The van der Waals surface area contributed by atoms with Crippen LogP contribution in [-0.2, 0) is 13.0 Å². The molecule has 5 rings (SSSR count). The quantitative estimate of drug-likeness (QED) is 0.348. The minimum absolute atomic E-state index is 0.226. The Morgan fingerprint density at radius 3 is 2.43 bits per heavy atom. The van der Waals surface area contributed by atoms with Crippen molar-refractivity contribution in [2.45, 2.75) is 13.0 Å². The first-order valence-electron chi connectivity index (χ1n) is 9.32. The van der Waals surface area contributed by atoms with Crippen molar-refractivity contribution in [2.75, 3.05) is 6.79 Å². The molecule has 7 heteroatoms. The van der Waals surface area contributed by atoms with Crippen LogP contribution in [-0.4, -0.2) is 11.8 Å². The third kappa shape index (κ3) is 3.79. The highest BCUT2D eigenvalue weighted by molar-refractivity contribution is 6.36. The highest BCUT2D eigenvalue weighted by atomic mass is 35.5. The van der Waals surface area contributed by atoms with Gasteiger partial charge in [-0.25, -0.2) is 0 Å². The van der Waals surface area contributed by atoms with Crippen LogP contribution in [0.3, 0.4) is 0 Å². The lowest BCUT2D eigenvalue weighted by Crippen LogP contribution is -1.97. The van der Waals surface area contributed by atoms with E-state index in [0.29, 0.717) is 33.8 Å². The molecule has 1 N–H and O–H groups in total. The van der Waals surface area contributed by atoms with E-state index in [-0.39, 0.29) is 6.79 Å². The van der Waals surface area contributed by atoms with E-state index in [0.717, 1.165) is 39.2 Å². The van der Waals surface area contributed by atoms with Crippen molar-refractivity contribution in [3.8, 4) is 17.2 Å². The second-order valence-electron chi connectivity index (χ2n) is 7.01. The van der Waals surface area contributed by atoms with Gasteiger partial charge in [0.2, 0.25) is 6.79 Å². The summed E-state index contributed by atoms with van der Waals surface area (Å²) in [5.41, 5.74) is 3.80. The number of nitrogens with one attached hydrogen (secondary N) is 1. The first kappa shape index (κ1) is 19.4. The molecule has 0 bridgehead atoms. The Bertz CT molecular complexity index is 1230. The minimum Gasteiger partial charge on any atom is -0.489 e. The van der Waals surface area contributed by atoms with Crippen molar-refractivity contribution in [3.63, 3.8) is 0 Å². The molecular weight excluding hydrogens is 445 g/mol. The predicted octanol–water partition coefficient (Wildman–Crippen LogP) is 7.03. The van der Waals surface area contributed by atoms with Crippen molar-refractivity contribution in [1.82, 2.24) is 4.98 Å². The van der Waals surface area contributed by atoms with Gasteiger partial charge >= 0.3 is 0 Å². The highest BCUT2D eigenvalue weighted by Gasteiger charge is 2.17. The summed E-state index contributed by atoms with van der Waals surface area (Å²) >= 11 is 18.9. The Morgan fingerprint density at radius 2 is 1.63 bits per heavy atom. The molecule has 0 spiro atoms. The van der Waals surface area contributed by atoms with Gasteiger partial charge in [-0.05, 0) is 48.0 Å². The topological polar surface area (TPSA) is 43.5 Å². The number of aromatic nitrogens is 1. The van der Waals surface area contributed by atoms with Crippen LogP contribution < -0.4 is 14.2 Å². The van der Waals surface area contributed by atoms with Crippen molar-refractivity contribution >= 4 is 45.7 Å². The maximum Gasteiger partial charge on any atom is 0.231 e. The number of fused-ring (bicyclic) bond motifs is 2. The van der Waals surface area contributed by atoms with Crippen LogP contribution in [0.2, 0.25) is 15.1 Å². The Balaban J connectivity index is 1.35. The molecule has 0 unspecified atom stereocenters. The fourth-order valence-electron chi connectivity index (χ4n) is 3.48. The molecule has 0 amide bonds. The maximum absolute atomic E-state index is 6.42. The third-order valence-electron chi connectivity index (χ3n) is 5.02. The molecule has 3 aromatic carbocycles. The predicted molar refractivity (Wildman–Crippen MR) is 119 cm³/mol. The molecule has 30 heavy (non-hydrogen) atoms. The molecule has 0 fully saturated rings. The van der Waals surface area contributed by atoms with E-state index in [2.05, 4.69) is 11.1 Å². The van der Waals surface area contributed by atoms with E-state index in [1.807, 2.05) is 30.3 Å². The molecule has 0 radical (unpaired) electrons. The number of H-pyrrole nitrogens is 1. The summed E-state index contributed by atoms with van der Waals surface area (Å²) in [5.74, 6) is 2.14. The molecule has 1 aliphatic heterocycles. The summed E-state index contributed by atoms with van der Waals surface area (Å²) in [6.07, 6.45) is 0.648. The third-order valence-corrected chi connectivity index (χ3v) is 6.08. The molecule has 1 aromatic heterocycles.